The molecular formula is C14H22N2O2. The average molecular weight is 250 g/mol. The molecular weight excluding hydrogens is 228 g/mol. The predicted octanol–water partition coefficient (Wildman–Crippen LogP) is 2.31. The van der Waals surface area contributed by atoms with E-state index < -0.39 is 0 Å². The van der Waals surface area contributed by atoms with Crippen LogP contribution in [0.4, 0.5) is 0 Å². The number of ether oxygens (including phenoxy) is 2. The van der Waals surface area contributed by atoms with Crippen molar-refractivity contribution in [1.82, 2.24) is 10.3 Å². The third-order valence-electron chi connectivity index (χ3n) is 3.14. The zero-order valence-corrected chi connectivity index (χ0v) is 11.2. The summed E-state index contributed by atoms with van der Waals surface area (Å²) in [4.78, 5) is 4.35. The highest BCUT2D eigenvalue weighted by Gasteiger charge is 2.17. The van der Waals surface area contributed by atoms with E-state index in [0.29, 0.717) is 18.5 Å². The molecule has 0 bridgehead atoms. The smallest absolute Gasteiger partial charge is 0.213 e. The summed E-state index contributed by atoms with van der Waals surface area (Å²) in [6.45, 7) is 6.81. The standard InChI is InChI=1S/C14H22N2O2/c1-3-7-15-11(2)12-4-5-14(16-9-12)18-13-6-8-17-10-13/h4-5,9,11,13,15H,3,6-8,10H2,1-2H3. The van der Waals surface area contributed by atoms with E-state index in [1.54, 1.807) is 0 Å². The lowest BCUT2D eigenvalue weighted by Crippen LogP contribution is -2.20. The third kappa shape index (κ3) is 3.68. The Hall–Kier alpha value is -1.13. The van der Waals surface area contributed by atoms with Crippen molar-refractivity contribution in [1.29, 1.82) is 0 Å². The van der Waals surface area contributed by atoms with Gasteiger partial charge in [-0.2, -0.15) is 0 Å². The normalized spacial score (nSPS) is 20.9. The van der Waals surface area contributed by atoms with Gasteiger partial charge in [-0.1, -0.05) is 13.0 Å². The Morgan fingerprint density at radius 1 is 1.56 bits per heavy atom. The molecule has 0 aromatic carbocycles. The summed E-state index contributed by atoms with van der Waals surface area (Å²) in [5, 5.41) is 3.44. The van der Waals surface area contributed by atoms with E-state index in [-0.39, 0.29) is 6.10 Å². The molecule has 1 aromatic heterocycles. The van der Waals surface area contributed by atoms with Gasteiger partial charge in [0.2, 0.25) is 5.88 Å². The summed E-state index contributed by atoms with van der Waals surface area (Å²) in [6, 6.07) is 4.35. The maximum atomic E-state index is 5.73. The molecule has 0 radical (unpaired) electrons. The van der Waals surface area contributed by atoms with Crippen LogP contribution in [0, 0.1) is 0 Å². The van der Waals surface area contributed by atoms with Crippen LogP contribution < -0.4 is 10.1 Å². The molecule has 1 aromatic rings. The van der Waals surface area contributed by atoms with Gasteiger partial charge < -0.3 is 14.8 Å². The highest BCUT2D eigenvalue weighted by Crippen LogP contribution is 2.17. The molecule has 1 N–H and O–H groups in total. The number of pyridine rings is 1. The van der Waals surface area contributed by atoms with Crippen molar-refractivity contribution in [2.24, 2.45) is 0 Å². The Labute approximate surface area is 109 Å². The van der Waals surface area contributed by atoms with Crippen molar-refractivity contribution in [2.45, 2.75) is 38.8 Å². The van der Waals surface area contributed by atoms with Crippen molar-refractivity contribution in [3.63, 3.8) is 0 Å². The minimum absolute atomic E-state index is 0.166. The van der Waals surface area contributed by atoms with E-state index in [1.165, 1.54) is 5.56 Å². The van der Waals surface area contributed by atoms with Crippen molar-refractivity contribution in [3.05, 3.63) is 23.9 Å². The molecule has 2 heterocycles. The molecule has 2 rings (SSSR count). The predicted molar refractivity (Wildman–Crippen MR) is 70.8 cm³/mol. The molecule has 18 heavy (non-hydrogen) atoms. The summed E-state index contributed by atoms with van der Waals surface area (Å²) in [7, 11) is 0. The van der Waals surface area contributed by atoms with Crippen LogP contribution in [-0.4, -0.2) is 30.8 Å². The maximum absolute atomic E-state index is 5.73. The van der Waals surface area contributed by atoms with Crippen LogP contribution >= 0.6 is 0 Å². The van der Waals surface area contributed by atoms with Crippen LogP contribution in [0.15, 0.2) is 18.3 Å². The van der Waals surface area contributed by atoms with Gasteiger partial charge in [-0.25, -0.2) is 4.98 Å². The second kappa shape index (κ2) is 6.71. The van der Waals surface area contributed by atoms with Crippen LogP contribution in [0.1, 0.15) is 38.3 Å². The minimum atomic E-state index is 0.166. The Morgan fingerprint density at radius 3 is 3.06 bits per heavy atom. The largest absolute Gasteiger partial charge is 0.472 e. The van der Waals surface area contributed by atoms with E-state index in [2.05, 4.69) is 30.2 Å². The highest BCUT2D eigenvalue weighted by molar-refractivity contribution is 5.20. The van der Waals surface area contributed by atoms with E-state index in [0.717, 1.165) is 26.0 Å². The highest BCUT2D eigenvalue weighted by atomic mass is 16.5. The monoisotopic (exact) mass is 250 g/mol. The quantitative estimate of drug-likeness (QED) is 0.841. The van der Waals surface area contributed by atoms with Gasteiger partial charge in [0.15, 0.2) is 0 Å². The van der Waals surface area contributed by atoms with Crippen LogP contribution in [0.3, 0.4) is 0 Å². The molecule has 4 nitrogen and oxygen atoms in total. The molecule has 1 fully saturated rings. The molecule has 0 aliphatic carbocycles. The lowest BCUT2D eigenvalue weighted by Gasteiger charge is -2.15. The van der Waals surface area contributed by atoms with E-state index in [1.807, 2.05) is 12.3 Å². The molecule has 2 unspecified atom stereocenters. The lowest BCUT2D eigenvalue weighted by molar-refractivity contribution is 0.138. The van der Waals surface area contributed by atoms with Crippen molar-refractivity contribution >= 4 is 0 Å². The fourth-order valence-electron chi connectivity index (χ4n) is 1.97. The van der Waals surface area contributed by atoms with Crippen LogP contribution in [0.2, 0.25) is 0 Å². The van der Waals surface area contributed by atoms with E-state index in [4.69, 9.17) is 9.47 Å². The van der Waals surface area contributed by atoms with Gasteiger partial charge >= 0.3 is 0 Å². The number of hydrogen-bond donors (Lipinski definition) is 1. The average Bonchev–Trinajstić information content (AvgIpc) is 2.89. The summed E-state index contributed by atoms with van der Waals surface area (Å²) >= 11 is 0. The third-order valence-corrected chi connectivity index (χ3v) is 3.14. The van der Waals surface area contributed by atoms with Crippen LogP contribution in [-0.2, 0) is 4.74 Å². The first-order valence-corrected chi connectivity index (χ1v) is 6.73. The number of hydrogen-bond acceptors (Lipinski definition) is 4. The second-order valence-electron chi connectivity index (χ2n) is 4.71. The molecule has 0 spiro atoms. The summed E-state index contributed by atoms with van der Waals surface area (Å²) in [5.41, 5.74) is 1.19. The molecule has 1 saturated heterocycles. The first-order valence-electron chi connectivity index (χ1n) is 6.73. The SMILES string of the molecule is CCCNC(C)c1ccc(OC2CCOC2)nc1. The van der Waals surface area contributed by atoms with Gasteiger partial charge in [0, 0.05) is 24.7 Å². The molecule has 1 aliphatic rings. The number of nitrogens with one attached hydrogen (secondary N) is 1. The van der Waals surface area contributed by atoms with Crippen molar-refractivity contribution < 1.29 is 9.47 Å². The zero-order chi connectivity index (χ0) is 12.8. The molecule has 0 saturated carbocycles. The number of nitrogens with zero attached hydrogens (tertiary/aromatic N) is 1. The molecule has 4 heteroatoms. The Bertz CT molecular complexity index is 347. The van der Waals surface area contributed by atoms with Crippen molar-refractivity contribution in [2.75, 3.05) is 19.8 Å². The molecule has 2 atom stereocenters. The summed E-state index contributed by atoms with van der Waals surface area (Å²) < 4.78 is 11.0. The Balaban J connectivity index is 1.88. The molecule has 100 valence electrons. The summed E-state index contributed by atoms with van der Waals surface area (Å²) in [5.74, 6) is 0.692. The molecule has 0 amide bonds. The summed E-state index contributed by atoms with van der Waals surface area (Å²) in [6.07, 6.45) is 4.15. The van der Waals surface area contributed by atoms with Crippen molar-refractivity contribution in [3.8, 4) is 5.88 Å². The van der Waals surface area contributed by atoms with Crippen LogP contribution in [0.25, 0.3) is 0 Å². The number of aromatic nitrogens is 1. The maximum Gasteiger partial charge on any atom is 0.213 e. The minimum Gasteiger partial charge on any atom is -0.472 e. The topological polar surface area (TPSA) is 43.4 Å². The first-order chi connectivity index (χ1) is 8.79. The van der Waals surface area contributed by atoms with Gasteiger partial charge in [-0.05, 0) is 25.5 Å². The fraction of sp³-hybridized carbons (Fsp3) is 0.643. The lowest BCUT2D eigenvalue weighted by atomic mass is 10.1. The molecule has 1 aliphatic heterocycles. The van der Waals surface area contributed by atoms with Crippen LogP contribution in [0.5, 0.6) is 5.88 Å². The van der Waals surface area contributed by atoms with Gasteiger partial charge in [0.25, 0.3) is 0 Å². The van der Waals surface area contributed by atoms with Gasteiger partial charge in [0.1, 0.15) is 6.10 Å². The van der Waals surface area contributed by atoms with Gasteiger partial charge in [-0.15, -0.1) is 0 Å². The second-order valence-corrected chi connectivity index (χ2v) is 4.71. The van der Waals surface area contributed by atoms with Gasteiger partial charge in [0.05, 0.1) is 13.2 Å². The Kier molecular flexibility index (Phi) is 4.96. The zero-order valence-electron chi connectivity index (χ0n) is 11.2. The first kappa shape index (κ1) is 13.3. The Morgan fingerprint density at radius 2 is 2.44 bits per heavy atom. The van der Waals surface area contributed by atoms with Gasteiger partial charge in [-0.3, -0.25) is 0 Å². The van der Waals surface area contributed by atoms with E-state index in [9.17, 15) is 0 Å². The van der Waals surface area contributed by atoms with E-state index >= 15 is 0 Å². The fourth-order valence-corrected chi connectivity index (χ4v) is 1.97. The number of rotatable bonds is 6.